The van der Waals surface area contributed by atoms with E-state index < -0.39 is 5.97 Å². The fourth-order valence-corrected chi connectivity index (χ4v) is 1.86. The molecule has 5 nitrogen and oxygen atoms in total. The molecule has 0 N–H and O–H groups in total. The molecule has 0 atom stereocenters. The monoisotopic (exact) mass is 261 g/mol. The number of hydrogen-bond donors (Lipinski definition) is 0. The van der Waals surface area contributed by atoms with Gasteiger partial charge in [0.05, 0.1) is 12.5 Å². The van der Waals surface area contributed by atoms with E-state index in [2.05, 4.69) is 4.74 Å². The van der Waals surface area contributed by atoms with Gasteiger partial charge in [-0.1, -0.05) is 6.07 Å². The van der Waals surface area contributed by atoms with Gasteiger partial charge >= 0.3 is 5.97 Å². The number of aryl methyl sites for hydroxylation is 1. The molecular weight excluding hydrogens is 246 g/mol. The van der Waals surface area contributed by atoms with E-state index in [4.69, 9.17) is 4.74 Å². The van der Waals surface area contributed by atoms with Crippen LogP contribution in [0.25, 0.3) is 10.8 Å². The second kappa shape index (κ2) is 5.56. The first-order valence-electron chi connectivity index (χ1n) is 5.99. The summed E-state index contributed by atoms with van der Waals surface area (Å²) in [5, 5.41) is 1.27. The number of nitrogens with zero attached hydrogens (tertiary/aromatic N) is 1. The summed E-state index contributed by atoms with van der Waals surface area (Å²) in [7, 11) is 1.30. The summed E-state index contributed by atoms with van der Waals surface area (Å²) in [6, 6.07) is 7.01. The third-order valence-electron chi connectivity index (χ3n) is 2.89. The van der Waals surface area contributed by atoms with E-state index in [1.54, 1.807) is 29.0 Å². The van der Waals surface area contributed by atoms with Crippen LogP contribution in [0, 0.1) is 0 Å². The molecule has 0 amide bonds. The largest absolute Gasteiger partial charge is 0.481 e. The zero-order chi connectivity index (χ0) is 13.8. The van der Waals surface area contributed by atoms with Gasteiger partial charge in [0.1, 0.15) is 5.75 Å². The average Bonchev–Trinajstić information content (AvgIpc) is 2.45. The maximum atomic E-state index is 12.1. The van der Waals surface area contributed by atoms with Crippen LogP contribution >= 0.6 is 0 Å². The summed E-state index contributed by atoms with van der Waals surface area (Å²) in [4.78, 5) is 23.2. The van der Waals surface area contributed by atoms with E-state index in [-0.39, 0.29) is 12.2 Å². The smallest absolute Gasteiger partial charge is 0.343 e. The molecule has 5 heteroatoms. The Morgan fingerprint density at radius 3 is 2.74 bits per heavy atom. The zero-order valence-corrected chi connectivity index (χ0v) is 10.9. The fourth-order valence-electron chi connectivity index (χ4n) is 1.86. The highest BCUT2D eigenvalue weighted by Crippen LogP contribution is 2.23. The van der Waals surface area contributed by atoms with Crippen LogP contribution in [0.5, 0.6) is 5.75 Å². The van der Waals surface area contributed by atoms with E-state index in [1.165, 1.54) is 7.11 Å². The first kappa shape index (κ1) is 13.1. The van der Waals surface area contributed by atoms with Crippen LogP contribution in [0.1, 0.15) is 6.92 Å². The van der Waals surface area contributed by atoms with Crippen molar-refractivity contribution in [3.63, 3.8) is 0 Å². The van der Waals surface area contributed by atoms with Gasteiger partial charge in [0.2, 0.25) is 0 Å². The average molecular weight is 261 g/mol. The lowest BCUT2D eigenvalue weighted by molar-refractivity contribution is -0.142. The quantitative estimate of drug-likeness (QED) is 0.784. The van der Waals surface area contributed by atoms with Crippen LogP contribution in [0.2, 0.25) is 0 Å². The van der Waals surface area contributed by atoms with E-state index >= 15 is 0 Å². The summed E-state index contributed by atoms with van der Waals surface area (Å²) in [5.41, 5.74) is -0.0662. The van der Waals surface area contributed by atoms with Crippen molar-refractivity contribution in [1.82, 2.24) is 4.57 Å². The second-order valence-electron chi connectivity index (χ2n) is 3.99. The van der Waals surface area contributed by atoms with Crippen molar-refractivity contribution in [2.45, 2.75) is 13.5 Å². The standard InChI is InChI=1S/C14H15NO4/c1-3-15-8-7-10-11(14(15)17)5-4-6-12(10)19-9-13(16)18-2/h4-8H,3,9H2,1-2H3. The topological polar surface area (TPSA) is 57.5 Å². The molecule has 0 aliphatic heterocycles. The number of fused-ring (bicyclic) bond motifs is 1. The lowest BCUT2D eigenvalue weighted by Gasteiger charge is -2.09. The minimum Gasteiger partial charge on any atom is -0.481 e. The van der Waals surface area contributed by atoms with E-state index in [0.717, 1.165) is 0 Å². The Bertz CT molecular complexity index is 660. The third kappa shape index (κ3) is 2.59. The molecule has 0 fully saturated rings. The molecule has 0 saturated heterocycles. The number of carbonyl (C=O) groups excluding carboxylic acids is 1. The highest BCUT2D eigenvalue weighted by atomic mass is 16.6. The van der Waals surface area contributed by atoms with Crippen molar-refractivity contribution in [2.75, 3.05) is 13.7 Å². The number of rotatable bonds is 4. The molecule has 2 aromatic rings. The molecule has 100 valence electrons. The Morgan fingerprint density at radius 2 is 2.05 bits per heavy atom. The van der Waals surface area contributed by atoms with Gasteiger partial charge in [-0.05, 0) is 25.1 Å². The molecule has 0 aliphatic rings. The van der Waals surface area contributed by atoms with Crippen LogP contribution < -0.4 is 10.3 Å². The molecule has 19 heavy (non-hydrogen) atoms. The maximum absolute atomic E-state index is 12.1. The highest BCUT2D eigenvalue weighted by Gasteiger charge is 2.08. The van der Waals surface area contributed by atoms with Crippen LogP contribution in [-0.4, -0.2) is 24.3 Å². The number of ether oxygens (including phenoxy) is 2. The van der Waals surface area contributed by atoms with Crippen LogP contribution in [0.3, 0.4) is 0 Å². The normalized spacial score (nSPS) is 10.4. The first-order chi connectivity index (χ1) is 9.17. The molecular formula is C14H15NO4. The van der Waals surface area contributed by atoms with E-state index in [1.807, 2.05) is 13.0 Å². The molecule has 1 aromatic heterocycles. The molecule has 0 saturated carbocycles. The van der Waals surface area contributed by atoms with Gasteiger partial charge in [-0.15, -0.1) is 0 Å². The number of esters is 1. The summed E-state index contributed by atoms with van der Waals surface area (Å²) < 4.78 is 11.5. The van der Waals surface area contributed by atoms with Crippen LogP contribution in [0.4, 0.5) is 0 Å². The van der Waals surface area contributed by atoms with Crippen molar-refractivity contribution in [3.8, 4) is 5.75 Å². The SMILES string of the molecule is CCn1ccc2c(OCC(=O)OC)cccc2c1=O. The summed E-state index contributed by atoms with van der Waals surface area (Å²) >= 11 is 0. The number of aromatic nitrogens is 1. The Balaban J connectivity index is 2.44. The van der Waals surface area contributed by atoms with Crippen molar-refractivity contribution in [1.29, 1.82) is 0 Å². The number of pyridine rings is 1. The molecule has 0 spiro atoms. The zero-order valence-electron chi connectivity index (χ0n) is 10.9. The van der Waals surface area contributed by atoms with Gasteiger partial charge in [-0.25, -0.2) is 4.79 Å². The molecule has 0 radical (unpaired) electrons. The van der Waals surface area contributed by atoms with Gasteiger partial charge in [0.25, 0.3) is 5.56 Å². The molecule has 0 bridgehead atoms. The van der Waals surface area contributed by atoms with Gasteiger partial charge in [0.15, 0.2) is 6.61 Å². The number of benzene rings is 1. The second-order valence-corrected chi connectivity index (χ2v) is 3.99. The number of methoxy groups -OCH3 is 1. The van der Waals surface area contributed by atoms with Crippen molar-refractivity contribution < 1.29 is 14.3 Å². The Hall–Kier alpha value is -2.30. The number of hydrogen-bond acceptors (Lipinski definition) is 4. The van der Waals surface area contributed by atoms with Gasteiger partial charge in [-0.2, -0.15) is 0 Å². The van der Waals surface area contributed by atoms with Gasteiger partial charge < -0.3 is 14.0 Å². The minimum absolute atomic E-state index is 0.0662. The summed E-state index contributed by atoms with van der Waals surface area (Å²) in [5.74, 6) is 0.0437. The molecule has 0 unspecified atom stereocenters. The first-order valence-corrected chi connectivity index (χ1v) is 5.99. The Kier molecular flexibility index (Phi) is 3.85. The Morgan fingerprint density at radius 1 is 1.26 bits per heavy atom. The summed E-state index contributed by atoms with van der Waals surface area (Å²) in [6.07, 6.45) is 1.72. The Labute approximate surface area is 110 Å². The molecule has 2 rings (SSSR count). The van der Waals surface area contributed by atoms with Crippen LogP contribution in [0.15, 0.2) is 35.3 Å². The molecule has 1 aromatic carbocycles. The van der Waals surface area contributed by atoms with Gasteiger partial charge in [0, 0.05) is 18.1 Å². The maximum Gasteiger partial charge on any atom is 0.343 e. The fraction of sp³-hybridized carbons (Fsp3) is 0.286. The molecule has 1 heterocycles. The van der Waals surface area contributed by atoms with Crippen molar-refractivity contribution >= 4 is 16.7 Å². The van der Waals surface area contributed by atoms with E-state index in [0.29, 0.717) is 23.1 Å². The minimum atomic E-state index is -0.459. The van der Waals surface area contributed by atoms with Crippen LogP contribution in [-0.2, 0) is 16.1 Å². The van der Waals surface area contributed by atoms with E-state index in [9.17, 15) is 9.59 Å². The summed E-state index contributed by atoms with van der Waals surface area (Å²) in [6.45, 7) is 2.35. The van der Waals surface area contributed by atoms with Gasteiger partial charge in [-0.3, -0.25) is 4.79 Å². The lowest BCUT2D eigenvalue weighted by atomic mass is 10.1. The number of carbonyl (C=O) groups is 1. The van der Waals surface area contributed by atoms with Crippen molar-refractivity contribution in [3.05, 3.63) is 40.8 Å². The predicted molar refractivity (Wildman–Crippen MR) is 71.4 cm³/mol. The highest BCUT2D eigenvalue weighted by molar-refractivity contribution is 5.87. The lowest BCUT2D eigenvalue weighted by Crippen LogP contribution is -2.18. The molecule has 0 aliphatic carbocycles. The van der Waals surface area contributed by atoms with Crippen molar-refractivity contribution in [2.24, 2.45) is 0 Å². The predicted octanol–water partition coefficient (Wildman–Crippen LogP) is 1.57. The third-order valence-corrected chi connectivity index (χ3v) is 2.89.